The van der Waals surface area contributed by atoms with Crippen LogP contribution in [0.4, 0.5) is 10.1 Å². The minimum Gasteiger partial charge on any atom is -0.497 e. The zero-order valence-electron chi connectivity index (χ0n) is 15.5. The van der Waals surface area contributed by atoms with Crippen molar-refractivity contribution in [2.24, 2.45) is 0 Å². The lowest BCUT2D eigenvalue weighted by molar-refractivity contribution is 0.385. The van der Waals surface area contributed by atoms with Crippen molar-refractivity contribution in [2.75, 3.05) is 18.5 Å². The average Bonchev–Trinajstić information content (AvgIpc) is 2.72. The average molecular weight is 401 g/mol. The summed E-state index contributed by atoms with van der Waals surface area (Å²) in [6, 6.07) is 19.5. The normalized spacial score (nSPS) is 11.1. The van der Waals surface area contributed by atoms with Gasteiger partial charge in [0.1, 0.15) is 5.75 Å². The van der Waals surface area contributed by atoms with Gasteiger partial charge in [-0.2, -0.15) is 0 Å². The molecule has 0 aliphatic heterocycles. The molecule has 0 aromatic heterocycles. The maximum atomic E-state index is 14.1. The van der Waals surface area contributed by atoms with Crippen LogP contribution in [0.1, 0.15) is 5.56 Å². The van der Waals surface area contributed by atoms with Gasteiger partial charge in [-0.3, -0.25) is 4.31 Å². The molecule has 0 spiro atoms. The van der Waals surface area contributed by atoms with E-state index in [2.05, 4.69) is 0 Å². The smallest absolute Gasteiger partial charge is 0.264 e. The topological polar surface area (TPSA) is 55.8 Å². The fraction of sp³-hybridized carbons (Fsp3) is 0.143. The van der Waals surface area contributed by atoms with Crippen molar-refractivity contribution in [3.8, 4) is 11.5 Å². The van der Waals surface area contributed by atoms with Gasteiger partial charge in [0, 0.05) is 0 Å². The van der Waals surface area contributed by atoms with Gasteiger partial charge in [0.05, 0.1) is 31.3 Å². The molecule has 0 heterocycles. The fourth-order valence-electron chi connectivity index (χ4n) is 2.75. The van der Waals surface area contributed by atoms with Gasteiger partial charge < -0.3 is 9.47 Å². The van der Waals surface area contributed by atoms with Gasteiger partial charge in [-0.25, -0.2) is 12.8 Å². The van der Waals surface area contributed by atoms with Gasteiger partial charge >= 0.3 is 0 Å². The minimum atomic E-state index is -4.02. The molecule has 0 N–H and O–H groups in total. The van der Waals surface area contributed by atoms with Crippen molar-refractivity contribution < 1.29 is 22.3 Å². The van der Waals surface area contributed by atoms with Crippen LogP contribution in [-0.4, -0.2) is 22.6 Å². The lowest BCUT2D eigenvalue weighted by Crippen LogP contribution is -2.30. The SMILES string of the molecule is COc1ccc(N(Cc2ccccc2)S(=O)(=O)c2ccc(OC)c(F)c2)cc1. The lowest BCUT2D eigenvalue weighted by atomic mass is 10.2. The number of hydrogen-bond acceptors (Lipinski definition) is 4. The van der Waals surface area contributed by atoms with E-state index in [1.54, 1.807) is 24.3 Å². The predicted molar refractivity (Wildman–Crippen MR) is 106 cm³/mol. The number of sulfonamides is 1. The Morgan fingerprint density at radius 2 is 1.57 bits per heavy atom. The molecule has 0 fully saturated rings. The highest BCUT2D eigenvalue weighted by atomic mass is 32.2. The first kappa shape index (κ1) is 19.7. The molecule has 7 heteroatoms. The van der Waals surface area contributed by atoms with E-state index < -0.39 is 15.8 Å². The third kappa shape index (κ3) is 4.09. The molecule has 0 radical (unpaired) electrons. The molecular formula is C21H20FNO4S. The van der Waals surface area contributed by atoms with Crippen LogP contribution in [0.2, 0.25) is 0 Å². The molecule has 0 saturated carbocycles. The van der Waals surface area contributed by atoms with Crippen LogP contribution in [0.25, 0.3) is 0 Å². The van der Waals surface area contributed by atoms with E-state index in [1.165, 1.54) is 30.7 Å². The summed E-state index contributed by atoms with van der Waals surface area (Å²) in [4.78, 5) is -0.155. The third-order valence-corrected chi connectivity index (χ3v) is 6.01. The molecule has 146 valence electrons. The molecule has 0 atom stereocenters. The van der Waals surface area contributed by atoms with E-state index >= 15 is 0 Å². The lowest BCUT2D eigenvalue weighted by Gasteiger charge is -2.25. The summed E-state index contributed by atoms with van der Waals surface area (Å²) in [7, 11) is -1.16. The summed E-state index contributed by atoms with van der Waals surface area (Å²) in [6.07, 6.45) is 0. The Bertz CT molecular complexity index is 1040. The van der Waals surface area contributed by atoms with Gasteiger partial charge in [0.25, 0.3) is 10.0 Å². The van der Waals surface area contributed by atoms with Crippen molar-refractivity contribution in [1.82, 2.24) is 0 Å². The van der Waals surface area contributed by atoms with Gasteiger partial charge in [0.2, 0.25) is 0 Å². The number of halogens is 1. The molecule has 3 aromatic carbocycles. The van der Waals surface area contributed by atoms with Crippen LogP contribution >= 0.6 is 0 Å². The number of ether oxygens (including phenoxy) is 2. The second-order valence-electron chi connectivity index (χ2n) is 5.99. The summed E-state index contributed by atoms with van der Waals surface area (Å²) in [5.74, 6) is -0.146. The highest BCUT2D eigenvalue weighted by Crippen LogP contribution is 2.29. The Hall–Kier alpha value is -3.06. The highest BCUT2D eigenvalue weighted by Gasteiger charge is 2.26. The van der Waals surface area contributed by atoms with Crippen molar-refractivity contribution >= 4 is 15.7 Å². The standard InChI is InChI=1S/C21H20FNO4S/c1-26-18-10-8-17(9-11-18)23(15-16-6-4-3-5-7-16)28(24,25)19-12-13-21(27-2)20(22)14-19/h3-14H,15H2,1-2H3. The fourth-order valence-corrected chi connectivity index (χ4v) is 4.21. The third-order valence-electron chi connectivity index (χ3n) is 4.24. The van der Waals surface area contributed by atoms with Crippen molar-refractivity contribution in [3.05, 3.63) is 84.2 Å². The van der Waals surface area contributed by atoms with Crippen molar-refractivity contribution in [3.63, 3.8) is 0 Å². The van der Waals surface area contributed by atoms with Crippen LogP contribution in [-0.2, 0) is 16.6 Å². The largest absolute Gasteiger partial charge is 0.497 e. The highest BCUT2D eigenvalue weighted by molar-refractivity contribution is 7.92. The van der Waals surface area contributed by atoms with Crippen molar-refractivity contribution in [2.45, 2.75) is 11.4 Å². The number of anilines is 1. The van der Waals surface area contributed by atoms with E-state index in [-0.39, 0.29) is 17.2 Å². The van der Waals surface area contributed by atoms with Gasteiger partial charge in [-0.05, 0) is 48.0 Å². The minimum absolute atomic E-state index is 0.0157. The molecule has 28 heavy (non-hydrogen) atoms. The van der Waals surface area contributed by atoms with Crippen LogP contribution in [0.3, 0.4) is 0 Å². The van der Waals surface area contributed by atoms with E-state index in [9.17, 15) is 12.8 Å². The first-order valence-corrected chi connectivity index (χ1v) is 9.94. The first-order valence-electron chi connectivity index (χ1n) is 8.50. The molecular weight excluding hydrogens is 381 g/mol. The van der Waals surface area contributed by atoms with Gasteiger partial charge in [0.15, 0.2) is 11.6 Å². The van der Waals surface area contributed by atoms with Crippen LogP contribution in [0, 0.1) is 5.82 Å². The Morgan fingerprint density at radius 1 is 0.893 bits per heavy atom. The summed E-state index contributed by atoms with van der Waals surface area (Å²) < 4.78 is 52.1. The quantitative estimate of drug-likeness (QED) is 0.594. The zero-order valence-corrected chi connectivity index (χ0v) is 16.3. The van der Waals surface area contributed by atoms with Crippen LogP contribution in [0.5, 0.6) is 11.5 Å². The maximum absolute atomic E-state index is 14.1. The molecule has 0 bridgehead atoms. The summed E-state index contributed by atoms with van der Waals surface area (Å²) in [5.41, 5.74) is 1.25. The second-order valence-corrected chi connectivity index (χ2v) is 7.85. The van der Waals surface area contributed by atoms with E-state index in [0.717, 1.165) is 11.6 Å². The molecule has 0 aliphatic rings. The number of benzene rings is 3. The first-order chi connectivity index (χ1) is 13.5. The molecule has 5 nitrogen and oxygen atoms in total. The molecule has 0 amide bonds. The Morgan fingerprint density at radius 3 is 2.14 bits per heavy atom. The molecule has 3 rings (SSSR count). The van der Waals surface area contributed by atoms with Gasteiger partial charge in [-0.15, -0.1) is 0 Å². The number of rotatable bonds is 7. The monoisotopic (exact) mass is 401 g/mol. The predicted octanol–water partition coefficient (Wildman–Crippen LogP) is 4.24. The Balaban J connectivity index is 2.07. The van der Waals surface area contributed by atoms with E-state index in [4.69, 9.17) is 9.47 Å². The number of hydrogen-bond donors (Lipinski definition) is 0. The van der Waals surface area contributed by atoms with E-state index in [0.29, 0.717) is 11.4 Å². The van der Waals surface area contributed by atoms with Crippen molar-refractivity contribution in [1.29, 1.82) is 0 Å². The molecule has 0 saturated heterocycles. The number of methoxy groups -OCH3 is 2. The van der Waals surface area contributed by atoms with Gasteiger partial charge in [-0.1, -0.05) is 30.3 Å². The number of nitrogens with zero attached hydrogens (tertiary/aromatic N) is 1. The van der Waals surface area contributed by atoms with Crippen LogP contribution < -0.4 is 13.8 Å². The molecule has 0 aliphatic carbocycles. The van der Waals surface area contributed by atoms with Crippen LogP contribution in [0.15, 0.2) is 77.7 Å². The van der Waals surface area contributed by atoms with E-state index in [1.807, 2.05) is 30.3 Å². The molecule has 3 aromatic rings. The molecule has 0 unspecified atom stereocenters. The second kappa shape index (κ2) is 8.31. The zero-order chi connectivity index (χ0) is 20.1. The Labute approximate surface area is 164 Å². The maximum Gasteiger partial charge on any atom is 0.264 e. The summed E-state index contributed by atoms with van der Waals surface area (Å²) >= 11 is 0. The summed E-state index contributed by atoms with van der Waals surface area (Å²) in [5, 5.41) is 0. The summed E-state index contributed by atoms with van der Waals surface area (Å²) in [6.45, 7) is 0.100. The Kier molecular flexibility index (Phi) is 5.84.